The van der Waals surface area contributed by atoms with Gasteiger partial charge in [0.25, 0.3) is 0 Å². The standard InChI is InChI=1S/C12H19NO5S/c1-10-3-4-11(18-2)12(9-10)19(16,17)13(5-7-14)6-8-15/h3-4,9,14-15H,5-8H2,1-2H3. The zero-order valence-electron chi connectivity index (χ0n) is 11.0. The fraction of sp³-hybridized carbons (Fsp3) is 0.500. The van der Waals surface area contributed by atoms with E-state index in [-0.39, 0.29) is 36.9 Å². The van der Waals surface area contributed by atoms with Gasteiger partial charge >= 0.3 is 0 Å². The fourth-order valence-electron chi connectivity index (χ4n) is 1.70. The van der Waals surface area contributed by atoms with Crippen molar-refractivity contribution >= 4 is 10.0 Å². The van der Waals surface area contributed by atoms with Gasteiger partial charge in [-0.1, -0.05) is 6.07 Å². The maximum atomic E-state index is 12.5. The average molecular weight is 289 g/mol. The normalized spacial score (nSPS) is 11.8. The number of methoxy groups -OCH3 is 1. The van der Waals surface area contributed by atoms with Crippen LogP contribution in [0.3, 0.4) is 0 Å². The monoisotopic (exact) mass is 289 g/mol. The Labute approximate surface area is 113 Å². The molecule has 1 aromatic rings. The SMILES string of the molecule is COc1ccc(C)cc1S(=O)(=O)N(CCO)CCO. The predicted molar refractivity (Wildman–Crippen MR) is 70.7 cm³/mol. The van der Waals surface area contributed by atoms with Crippen molar-refractivity contribution in [3.63, 3.8) is 0 Å². The Morgan fingerprint density at radius 1 is 1.21 bits per heavy atom. The van der Waals surface area contributed by atoms with Crippen LogP contribution in [0.1, 0.15) is 5.56 Å². The molecule has 0 aliphatic heterocycles. The van der Waals surface area contributed by atoms with Gasteiger partial charge in [-0.05, 0) is 24.6 Å². The number of rotatable bonds is 7. The van der Waals surface area contributed by atoms with Crippen molar-refractivity contribution in [1.82, 2.24) is 4.31 Å². The molecule has 0 heterocycles. The van der Waals surface area contributed by atoms with E-state index in [0.29, 0.717) is 0 Å². The minimum Gasteiger partial charge on any atom is -0.495 e. The van der Waals surface area contributed by atoms with Gasteiger partial charge in [-0.25, -0.2) is 8.42 Å². The van der Waals surface area contributed by atoms with Crippen LogP contribution in [0.15, 0.2) is 23.1 Å². The van der Waals surface area contributed by atoms with Crippen molar-refractivity contribution in [2.24, 2.45) is 0 Å². The molecule has 0 saturated carbocycles. The smallest absolute Gasteiger partial charge is 0.246 e. The third-order valence-electron chi connectivity index (χ3n) is 2.64. The van der Waals surface area contributed by atoms with Crippen LogP contribution >= 0.6 is 0 Å². The van der Waals surface area contributed by atoms with Gasteiger partial charge in [-0.15, -0.1) is 0 Å². The third kappa shape index (κ3) is 3.66. The van der Waals surface area contributed by atoms with Crippen molar-refractivity contribution in [2.75, 3.05) is 33.4 Å². The van der Waals surface area contributed by atoms with E-state index in [0.717, 1.165) is 9.87 Å². The topological polar surface area (TPSA) is 87.1 Å². The third-order valence-corrected chi connectivity index (χ3v) is 4.56. The molecule has 0 saturated heterocycles. The highest BCUT2D eigenvalue weighted by Crippen LogP contribution is 2.27. The Hall–Kier alpha value is -1.15. The van der Waals surface area contributed by atoms with Crippen LogP contribution in [-0.4, -0.2) is 56.3 Å². The molecule has 0 atom stereocenters. The highest BCUT2D eigenvalue weighted by atomic mass is 32.2. The van der Waals surface area contributed by atoms with Gasteiger partial charge in [-0.2, -0.15) is 4.31 Å². The van der Waals surface area contributed by atoms with Gasteiger partial charge in [0.05, 0.1) is 20.3 Å². The molecule has 0 fully saturated rings. The number of sulfonamides is 1. The predicted octanol–water partition coefficient (Wildman–Crippen LogP) is -0.0211. The maximum Gasteiger partial charge on any atom is 0.246 e. The molecule has 0 aliphatic rings. The second kappa shape index (κ2) is 6.85. The van der Waals surface area contributed by atoms with Gasteiger partial charge in [0.15, 0.2) is 0 Å². The molecule has 0 amide bonds. The first-order valence-corrected chi connectivity index (χ1v) is 7.28. The Bertz CT molecular complexity index is 509. The van der Waals surface area contributed by atoms with Gasteiger partial charge in [0.2, 0.25) is 10.0 Å². The summed E-state index contributed by atoms with van der Waals surface area (Å²) in [4.78, 5) is 0.0388. The van der Waals surface area contributed by atoms with E-state index in [1.807, 2.05) is 0 Å². The summed E-state index contributed by atoms with van der Waals surface area (Å²) < 4.78 is 31.0. The number of nitrogens with zero attached hydrogens (tertiary/aromatic N) is 1. The molecule has 7 heteroatoms. The number of aliphatic hydroxyl groups is 2. The molecule has 0 aliphatic carbocycles. The van der Waals surface area contributed by atoms with Gasteiger partial charge in [0.1, 0.15) is 10.6 Å². The molecule has 6 nitrogen and oxygen atoms in total. The first kappa shape index (κ1) is 15.9. The van der Waals surface area contributed by atoms with Crippen LogP contribution < -0.4 is 4.74 Å². The number of benzene rings is 1. The molecule has 0 aromatic heterocycles. The minimum absolute atomic E-state index is 0.0388. The van der Waals surface area contributed by atoms with Crippen LogP contribution in [0.4, 0.5) is 0 Å². The Balaban J connectivity index is 3.27. The lowest BCUT2D eigenvalue weighted by Crippen LogP contribution is -2.36. The summed E-state index contributed by atoms with van der Waals surface area (Å²) in [5.41, 5.74) is 0.785. The lowest BCUT2D eigenvalue weighted by Gasteiger charge is -2.21. The van der Waals surface area contributed by atoms with E-state index >= 15 is 0 Å². The zero-order valence-corrected chi connectivity index (χ0v) is 11.9. The van der Waals surface area contributed by atoms with Crippen LogP contribution in [0.2, 0.25) is 0 Å². The van der Waals surface area contributed by atoms with Gasteiger partial charge < -0.3 is 14.9 Å². The summed E-state index contributed by atoms with van der Waals surface area (Å²) in [6.45, 7) is 1.02. The van der Waals surface area contributed by atoms with E-state index in [1.165, 1.54) is 13.2 Å². The molecular weight excluding hydrogens is 270 g/mol. The lowest BCUT2D eigenvalue weighted by molar-refractivity contribution is 0.217. The van der Waals surface area contributed by atoms with E-state index in [4.69, 9.17) is 14.9 Å². The molecule has 0 unspecified atom stereocenters. The van der Waals surface area contributed by atoms with Gasteiger partial charge in [-0.3, -0.25) is 0 Å². The molecule has 19 heavy (non-hydrogen) atoms. The summed E-state index contributed by atoms with van der Waals surface area (Å²) in [7, 11) is -2.41. The lowest BCUT2D eigenvalue weighted by atomic mass is 10.2. The Kier molecular flexibility index (Phi) is 5.74. The first-order valence-electron chi connectivity index (χ1n) is 5.84. The first-order chi connectivity index (χ1) is 8.97. The van der Waals surface area contributed by atoms with Gasteiger partial charge in [0, 0.05) is 13.1 Å². The maximum absolute atomic E-state index is 12.5. The minimum atomic E-state index is -3.80. The number of aryl methyl sites for hydroxylation is 1. The molecule has 1 aromatic carbocycles. The molecule has 0 bridgehead atoms. The largest absolute Gasteiger partial charge is 0.495 e. The quantitative estimate of drug-likeness (QED) is 0.736. The summed E-state index contributed by atoms with van der Waals surface area (Å²) in [5.74, 6) is 0.242. The molecule has 108 valence electrons. The Morgan fingerprint density at radius 3 is 2.26 bits per heavy atom. The molecule has 0 spiro atoms. The van der Waals surface area contributed by atoms with E-state index in [9.17, 15) is 8.42 Å². The van der Waals surface area contributed by atoms with Crippen LogP contribution in [0, 0.1) is 6.92 Å². The number of aliphatic hydroxyl groups excluding tert-OH is 2. The fourth-order valence-corrected chi connectivity index (χ4v) is 3.36. The molecule has 1 rings (SSSR count). The van der Waals surface area contributed by atoms with Crippen molar-refractivity contribution in [3.05, 3.63) is 23.8 Å². The molecule has 0 radical (unpaired) electrons. The number of hydrogen-bond donors (Lipinski definition) is 2. The number of ether oxygens (including phenoxy) is 1. The number of hydrogen-bond acceptors (Lipinski definition) is 5. The van der Waals surface area contributed by atoms with E-state index < -0.39 is 10.0 Å². The Morgan fingerprint density at radius 2 is 1.79 bits per heavy atom. The van der Waals surface area contributed by atoms with Crippen molar-refractivity contribution in [3.8, 4) is 5.75 Å². The zero-order chi connectivity index (χ0) is 14.5. The van der Waals surface area contributed by atoms with Crippen LogP contribution in [0.25, 0.3) is 0 Å². The van der Waals surface area contributed by atoms with Crippen LogP contribution in [0.5, 0.6) is 5.75 Å². The highest BCUT2D eigenvalue weighted by Gasteiger charge is 2.27. The highest BCUT2D eigenvalue weighted by molar-refractivity contribution is 7.89. The molecule has 2 N–H and O–H groups in total. The second-order valence-electron chi connectivity index (χ2n) is 4.01. The second-order valence-corrected chi connectivity index (χ2v) is 5.91. The summed E-state index contributed by atoms with van der Waals surface area (Å²) in [5, 5.41) is 17.9. The van der Waals surface area contributed by atoms with E-state index in [2.05, 4.69) is 0 Å². The van der Waals surface area contributed by atoms with Crippen molar-refractivity contribution < 1.29 is 23.4 Å². The van der Waals surface area contributed by atoms with Crippen molar-refractivity contribution in [1.29, 1.82) is 0 Å². The van der Waals surface area contributed by atoms with E-state index in [1.54, 1.807) is 19.1 Å². The molecular formula is C12H19NO5S. The average Bonchev–Trinajstić information content (AvgIpc) is 2.38. The summed E-state index contributed by atoms with van der Waals surface area (Å²) in [6, 6.07) is 4.84. The van der Waals surface area contributed by atoms with Crippen LogP contribution in [-0.2, 0) is 10.0 Å². The summed E-state index contributed by atoms with van der Waals surface area (Å²) in [6.07, 6.45) is 0. The summed E-state index contributed by atoms with van der Waals surface area (Å²) >= 11 is 0. The van der Waals surface area contributed by atoms with Crippen molar-refractivity contribution in [2.45, 2.75) is 11.8 Å².